The van der Waals surface area contributed by atoms with Crippen LogP contribution in [0.3, 0.4) is 0 Å². The standard InChI is InChI=1S/C15H16O3P/c16-19(18-13-15-9-5-2-6-10-15)17-12-11-14-7-3-1-4-8-14/h1-10H,11-13H2/q+1. The van der Waals surface area contributed by atoms with E-state index in [1.807, 2.05) is 60.7 Å². The van der Waals surface area contributed by atoms with Gasteiger partial charge in [-0.05, 0) is 11.1 Å². The van der Waals surface area contributed by atoms with Crippen molar-refractivity contribution < 1.29 is 13.6 Å². The Morgan fingerprint density at radius 1 is 0.789 bits per heavy atom. The van der Waals surface area contributed by atoms with E-state index < -0.39 is 8.25 Å². The minimum absolute atomic E-state index is 0.307. The summed E-state index contributed by atoms with van der Waals surface area (Å²) < 4.78 is 21.8. The van der Waals surface area contributed by atoms with E-state index in [9.17, 15) is 4.57 Å². The fourth-order valence-electron chi connectivity index (χ4n) is 1.62. The van der Waals surface area contributed by atoms with Crippen LogP contribution in [0.15, 0.2) is 60.7 Å². The molecule has 1 unspecified atom stereocenters. The molecule has 2 aromatic carbocycles. The average molecular weight is 275 g/mol. The Labute approximate surface area is 114 Å². The summed E-state index contributed by atoms with van der Waals surface area (Å²) in [7, 11) is -2.05. The lowest BCUT2D eigenvalue weighted by Crippen LogP contribution is -1.94. The third-order valence-corrected chi connectivity index (χ3v) is 3.34. The fourth-order valence-corrected chi connectivity index (χ4v) is 2.19. The van der Waals surface area contributed by atoms with Gasteiger partial charge in [0, 0.05) is 11.0 Å². The normalized spacial score (nSPS) is 11.3. The molecule has 2 aromatic rings. The van der Waals surface area contributed by atoms with Gasteiger partial charge in [0.05, 0.1) is 0 Å². The van der Waals surface area contributed by atoms with E-state index in [-0.39, 0.29) is 0 Å². The SMILES string of the molecule is O=[P+](OCCc1ccccc1)OCc1ccccc1. The molecular weight excluding hydrogens is 259 g/mol. The van der Waals surface area contributed by atoms with E-state index >= 15 is 0 Å². The van der Waals surface area contributed by atoms with Crippen molar-refractivity contribution in [1.29, 1.82) is 0 Å². The maximum absolute atomic E-state index is 11.5. The van der Waals surface area contributed by atoms with Crippen molar-refractivity contribution in [2.24, 2.45) is 0 Å². The largest absolute Gasteiger partial charge is 0.697 e. The molecule has 4 heteroatoms. The molecule has 0 aromatic heterocycles. The van der Waals surface area contributed by atoms with Crippen LogP contribution in [0.25, 0.3) is 0 Å². The highest BCUT2D eigenvalue weighted by Gasteiger charge is 2.19. The molecule has 0 radical (unpaired) electrons. The Morgan fingerprint density at radius 2 is 1.37 bits per heavy atom. The Bertz CT molecular complexity index is 499. The summed E-state index contributed by atoms with van der Waals surface area (Å²) in [6.45, 7) is 0.704. The molecule has 0 amide bonds. The van der Waals surface area contributed by atoms with Crippen molar-refractivity contribution in [3.8, 4) is 0 Å². The van der Waals surface area contributed by atoms with Crippen molar-refractivity contribution >= 4 is 8.25 Å². The maximum Gasteiger partial charge on any atom is 0.697 e. The molecule has 19 heavy (non-hydrogen) atoms. The fraction of sp³-hybridized carbons (Fsp3) is 0.200. The lowest BCUT2D eigenvalue weighted by molar-refractivity contribution is 0.221. The number of rotatable bonds is 7. The quantitative estimate of drug-likeness (QED) is 0.713. The van der Waals surface area contributed by atoms with Crippen LogP contribution in [0, 0.1) is 0 Å². The molecule has 0 aliphatic carbocycles. The first kappa shape index (κ1) is 13.9. The van der Waals surface area contributed by atoms with Gasteiger partial charge in [-0.25, -0.2) is 0 Å². The van der Waals surface area contributed by atoms with Crippen molar-refractivity contribution in [2.45, 2.75) is 13.0 Å². The van der Waals surface area contributed by atoms with E-state index in [4.69, 9.17) is 9.05 Å². The minimum Gasteiger partial charge on any atom is -0.119 e. The molecule has 0 spiro atoms. The summed E-state index contributed by atoms with van der Waals surface area (Å²) in [5.74, 6) is 0. The van der Waals surface area contributed by atoms with Gasteiger partial charge in [-0.15, -0.1) is 9.05 Å². The highest BCUT2D eigenvalue weighted by Crippen LogP contribution is 2.25. The van der Waals surface area contributed by atoms with Gasteiger partial charge >= 0.3 is 8.25 Å². The van der Waals surface area contributed by atoms with E-state index in [2.05, 4.69) is 0 Å². The summed E-state index contributed by atoms with van der Waals surface area (Å²) in [5.41, 5.74) is 2.14. The van der Waals surface area contributed by atoms with Gasteiger partial charge in [0.25, 0.3) is 0 Å². The van der Waals surface area contributed by atoms with Crippen LogP contribution < -0.4 is 0 Å². The van der Waals surface area contributed by atoms with E-state index in [1.54, 1.807) is 0 Å². The van der Waals surface area contributed by atoms with E-state index in [1.165, 1.54) is 0 Å². The molecule has 3 nitrogen and oxygen atoms in total. The summed E-state index contributed by atoms with van der Waals surface area (Å²) >= 11 is 0. The van der Waals surface area contributed by atoms with Crippen LogP contribution >= 0.6 is 8.25 Å². The van der Waals surface area contributed by atoms with Crippen molar-refractivity contribution in [3.63, 3.8) is 0 Å². The molecule has 0 bridgehead atoms. The van der Waals surface area contributed by atoms with Crippen LogP contribution in [-0.2, 0) is 26.6 Å². The molecule has 1 atom stereocenters. The summed E-state index contributed by atoms with van der Waals surface area (Å²) in [6.07, 6.45) is 0.733. The zero-order chi connectivity index (χ0) is 13.3. The molecule has 0 heterocycles. The first-order chi connectivity index (χ1) is 9.34. The third-order valence-electron chi connectivity index (χ3n) is 2.61. The maximum atomic E-state index is 11.5. The second-order valence-electron chi connectivity index (χ2n) is 4.05. The van der Waals surface area contributed by atoms with Crippen molar-refractivity contribution in [2.75, 3.05) is 6.61 Å². The highest BCUT2D eigenvalue weighted by atomic mass is 31.1. The first-order valence-corrected chi connectivity index (χ1v) is 7.25. The van der Waals surface area contributed by atoms with E-state index in [0.717, 1.165) is 17.5 Å². The molecule has 0 saturated heterocycles. The molecular formula is C15H16O3P+. The Morgan fingerprint density at radius 3 is 2.00 bits per heavy atom. The van der Waals surface area contributed by atoms with Gasteiger partial charge < -0.3 is 0 Å². The highest BCUT2D eigenvalue weighted by molar-refractivity contribution is 7.33. The van der Waals surface area contributed by atoms with Crippen LogP contribution in [0.5, 0.6) is 0 Å². The molecule has 0 aliphatic heterocycles. The lowest BCUT2D eigenvalue weighted by Gasteiger charge is -1.96. The predicted octanol–water partition coefficient (Wildman–Crippen LogP) is 4.12. The van der Waals surface area contributed by atoms with E-state index in [0.29, 0.717) is 13.2 Å². The van der Waals surface area contributed by atoms with Gasteiger partial charge in [0.2, 0.25) is 0 Å². The smallest absolute Gasteiger partial charge is 0.119 e. The van der Waals surface area contributed by atoms with Gasteiger partial charge in [0.15, 0.2) is 0 Å². The first-order valence-electron chi connectivity index (χ1n) is 6.15. The molecule has 0 fully saturated rings. The second-order valence-corrected chi connectivity index (χ2v) is 5.02. The monoisotopic (exact) mass is 275 g/mol. The second kappa shape index (κ2) is 7.80. The Hall–Kier alpha value is -1.54. The predicted molar refractivity (Wildman–Crippen MR) is 74.9 cm³/mol. The van der Waals surface area contributed by atoms with Gasteiger partial charge in [-0.3, -0.25) is 0 Å². The lowest BCUT2D eigenvalue weighted by atomic mass is 10.2. The third kappa shape index (κ3) is 5.31. The zero-order valence-electron chi connectivity index (χ0n) is 10.6. The zero-order valence-corrected chi connectivity index (χ0v) is 11.5. The molecule has 98 valence electrons. The van der Waals surface area contributed by atoms with Gasteiger partial charge in [0.1, 0.15) is 13.2 Å². The number of benzene rings is 2. The van der Waals surface area contributed by atoms with Crippen LogP contribution in [-0.4, -0.2) is 6.61 Å². The average Bonchev–Trinajstić information content (AvgIpc) is 2.47. The van der Waals surface area contributed by atoms with Gasteiger partial charge in [-0.1, -0.05) is 60.7 Å². The van der Waals surface area contributed by atoms with Gasteiger partial charge in [-0.2, -0.15) is 0 Å². The molecule has 0 N–H and O–H groups in total. The molecule has 0 aliphatic rings. The molecule has 2 rings (SSSR count). The van der Waals surface area contributed by atoms with Crippen molar-refractivity contribution in [3.05, 3.63) is 71.8 Å². The molecule has 0 saturated carbocycles. The topological polar surface area (TPSA) is 35.5 Å². The summed E-state index contributed by atoms with van der Waals surface area (Å²) in [5, 5.41) is 0. The Balaban J connectivity index is 1.65. The summed E-state index contributed by atoms with van der Waals surface area (Å²) in [4.78, 5) is 0. The van der Waals surface area contributed by atoms with Crippen LogP contribution in [0.4, 0.5) is 0 Å². The number of hydrogen-bond acceptors (Lipinski definition) is 3. The summed E-state index contributed by atoms with van der Waals surface area (Å²) in [6, 6.07) is 19.6. The van der Waals surface area contributed by atoms with Crippen LogP contribution in [0.2, 0.25) is 0 Å². The minimum atomic E-state index is -2.05. The Kier molecular flexibility index (Phi) is 5.70. The number of hydrogen-bond donors (Lipinski definition) is 0. The van der Waals surface area contributed by atoms with Crippen molar-refractivity contribution in [1.82, 2.24) is 0 Å². The van der Waals surface area contributed by atoms with Crippen LogP contribution in [0.1, 0.15) is 11.1 Å².